The van der Waals surface area contributed by atoms with Gasteiger partial charge in [0.05, 0.1) is 23.9 Å². The van der Waals surface area contributed by atoms with Crippen molar-refractivity contribution in [3.05, 3.63) is 59.8 Å². The third-order valence-electron chi connectivity index (χ3n) is 4.69. The topological polar surface area (TPSA) is 84.1 Å². The summed E-state index contributed by atoms with van der Waals surface area (Å²) in [6.07, 6.45) is 0. The van der Waals surface area contributed by atoms with Gasteiger partial charge in [-0.05, 0) is 30.3 Å². The van der Waals surface area contributed by atoms with Crippen LogP contribution in [0.4, 0.5) is 0 Å². The minimum Gasteiger partial charge on any atom is -0.497 e. The number of pyridine rings is 1. The van der Waals surface area contributed by atoms with Crippen molar-refractivity contribution in [2.45, 2.75) is 0 Å². The number of ether oxygens (including phenoxy) is 1. The van der Waals surface area contributed by atoms with Crippen LogP contribution in [0.5, 0.6) is 5.75 Å². The lowest BCUT2D eigenvalue weighted by Gasteiger charge is -2.07. The average molecular weight is 343 g/mol. The Morgan fingerprint density at radius 1 is 0.923 bits per heavy atom. The molecule has 5 rings (SSSR count). The molecule has 1 aliphatic rings. The maximum atomic E-state index is 12.4. The fraction of sp³-hybridized carbons (Fsp3) is 0.0500. The number of aromatic amines is 1. The number of rotatable bonds is 2. The molecule has 4 aromatic rings. The molecule has 2 aromatic carbocycles. The number of carbonyl (C=O) groups is 2. The fourth-order valence-electron chi connectivity index (χ4n) is 3.49. The highest BCUT2D eigenvalue weighted by Crippen LogP contribution is 2.37. The van der Waals surface area contributed by atoms with Crippen molar-refractivity contribution in [2.75, 3.05) is 7.11 Å². The molecule has 6 heteroatoms. The standard InChI is InChI=1S/C20H13N3O3/c1-26-11-8-6-10(7-9-11)16-17-14(12-4-2-3-5-13(12)21-17)15-18(22-16)20(25)23-19(15)24/h2-9,21H,1H3,(H,23,24,25). The third-order valence-corrected chi connectivity index (χ3v) is 4.69. The smallest absolute Gasteiger partial charge is 0.277 e. The van der Waals surface area contributed by atoms with Crippen LogP contribution in [-0.4, -0.2) is 28.9 Å². The molecule has 0 bridgehead atoms. The lowest BCUT2D eigenvalue weighted by molar-refractivity contribution is 0.0878. The summed E-state index contributed by atoms with van der Waals surface area (Å²) in [5.74, 6) is -0.142. The SMILES string of the molecule is COc1ccc(-c2nc3c(c4c2[nH]c2ccccc24)C(=O)NC3=O)cc1. The normalized spacial score (nSPS) is 13.3. The van der Waals surface area contributed by atoms with Gasteiger partial charge in [-0.15, -0.1) is 0 Å². The summed E-state index contributed by atoms with van der Waals surface area (Å²) in [7, 11) is 1.61. The lowest BCUT2D eigenvalue weighted by Crippen LogP contribution is -2.20. The molecule has 26 heavy (non-hydrogen) atoms. The Morgan fingerprint density at radius 2 is 1.69 bits per heavy atom. The number of H-pyrrole nitrogens is 1. The van der Waals surface area contributed by atoms with Crippen LogP contribution in [0.3, 0.4) is 0 Å². The van der Waals surface area contributed by atoms with E-state index in [0.717, 1.165) is 33.1 Å². The van der Waals surface area contributed by atoms with Gasteiger partial charge in [0.2, 0.25) is 0 Å². The number of nitrogens with zero attached hydrogens (tertiary/aromatic N) is 1. The van der Waals surface area contributed by atoms with Crippen molar-refractivity contribution < 1.29 is 14.3 Å². The van der Waals surface area contributed by atoms with Gasteiger partial charge >= 0.3 is 0 Å². The van der Waals surface area contributed by atoms with Crippen LogP contribution in [0.2, 0.25) is 0 Å². The highest BCUT2D eigenvalue weighted by atomic mass is 16.5. The van der Waals surface area contributed by atoms with Crippen LogP contribution < -0.4 is 10.1 Å². The molecule has 0 atom stereocenters. The second-order valence-corrected chi connectivity index (χ2v) is 6.12. The number of amides is 2. The molecule has 126 valence electrons. The van der Waals surface area contributed by atoms with E-state index in [1.54, 1.807) is 7.11 Å². The molecule has 0 spiro atoms. The number of hydrogen-bond donors (Lipinski definition) is 2. The number of imide groups is 1. The average Bonchev–Trinajstić information content (AvgIpc) is 3.18. The maximum absolute atomic E-state index is 12.4. The summed E-state index contributed by atoms with van der Waals surface area (Å²) in [6, 6.07) is 15.1. The number of methoxy groups -OCH3 is 1. The van der Waals surface area contributed by atoms with E-state index in [0.29, 0.717) is 11.3 Å². The van der Waals surface area contributed by atoms with E-state index in [1.807, 2.05) is 48.5 Å². The Balaban J connectivity index is 1.92. The van der Waals surface area contributed by atoms with Crippen LogP contribution in [-0.2, 0) is 0 Å². The van der Waals surface area contributed by atoms with Crippen molar-refractivity contribution in [2.24, 2.45) is 0 Å². The van der Waals surface area contributed by atoms with Gasteiger partial charge in [0, 0.05) is 21.9 Å². The van der Waals surface area contributed by atoms with E-state index in [9.17, 15) is 9.59 Å². The number of aromatic nitrogens is 2. The first-order valence-electron chi connectivity index (χ1n) is 8.12. The Morgan fingerprint density at radius 3 is 2.46 bits per heavy atom. The molecule has 2 aromatic heterocycles. The van der Waals surface area contributed by atoms with Gasteiger partial charge in [0.25, 0.3) is 11.8 Å². The van der Waals surface area contributed by atoms with Crippen molar-refractivity contribution in [3.63, 3.8) is 0 Å². The monoisotopic (exact) mass is 343 g/mol. The van der Waals surface area contributed by atoms with Gasteiger partial charge < -0.3 is 9.72 Å². The first-order valence-corrected chi connectivity index (χ1v) is 8.12. The minimum absolute atomic E-state index is 0.165. The van der Waals surface area contributed by atoms with E-state index in [-0.39, 0.29) is 5.69 Å². The first-order chi connectivity index (χ1) is 12.7. The number of fused-ring (bicyclic) bond motifs is 5. The molecule has 0 saturated carbocycles. The van der Waals surface area contributed by atoms with Crippen molar-refractivity contribution in [1.82, 2.24) is 15.3 Å². The van der Waals surface area contributed by atoms with Gasteiger partial charge in [-0.3, -0.25) is 14.9 Å². The second-order valence-electron chi connectivity index (χ2n) is 6.12. The van der Waals surface area contributed by atoms with Crippen LogP contribution in [0, 0.1) is 0 Å². The first kappa shape index (κ1) is 14.7. The van der Waals surface area contributed by atoms with E-state index in [4.69, 9.17) is 4.74 Å². The van der Waals surface area contributed by atoms with Crippen LogP contribution in [0.25, 0.3) is 33.1 Å². The summed E-state index contributed by atoms with van der Waals surface area (Å²) >= 11 is 0. The second kappa shape index (κ2) is 5.16. The summed E-state index contributed by atoms with van der Waals surface area (Å²) in [4.78, 5) is 32.5. The van der Waals surface area contributed by atoms with Gasteiger partial charge in [0.1, 0.15) is 11.4 Å². The molecule has 0 saturated heterocycles. The zero-order chi connectivity index (χ0) is 17.8. The molecule has 6 nitrogen and oxygen atoms in total. The highest BCUT2D eigenvalue weighted by molar-refractivity contribution is 6.30. The fourth-order valence-corrected chi connectivity index (χ4v) is 3.49. The minimum atomic E-state index is -0.466. The predicted molar refractivity (Wildman–Crippen MR) is 97.4 cm³/mol. The van der Waals surface area contributed by atoms with Crippen LogP contribution in [0.1, 0.15) is 20.8 Å². The van der Waals surface area contributed by atoms with Gasteiger partial charge in [-0.25, -0.2) is 4.98 Å². The zero-order valence-electron chi connectivity index (χ0n) is 13.8. The Kier molecular flexibility index (Phi) is 2.91. The molecule has 1 aliphatic heterocycles. The zero-order valence-corrected chi connectivity index (χ0v) is 13.8. The Labute approximate surface area is 147 Å². The molecular formula is C20H13N3O3. The maximum Gasteiger partial charge on any atom is 0.277 e. The molecule has 2 amide bonds. The van der Waals surface area contributed by atoms with E-state index in [1.165, 1.54) is 0 Å². The van der Waals surface area contributed by atoms with Crippen LogP contribution >= 0.6 is 0 Å². The molecule has 2 N–H and O–H groups in total. The number of hydrogen-bond acceptors (Lipinski definition) is 4. The highest BCUT2D eigenvalue weighted by Gasteiger charge is 2.33. The Hall–Kier alpha value is -3.67. The number of para-hydroxylation sites is 1. The summed E-state index contributed by atoms with van der Waals surface area (Å²) in [6.45, 7) is 0. The largest absolute Gasteiger partial charge is 0.497 e. The summed E-state index contributed by atoms with van der Waals surface area (Å²) in [5.41, 5.74) is 3.58. The molecular weight excluding hydrogens is 330 g/mol. The van der Waals surface area contributed by atoms with Crippen LogP contribution in [0.15, 0.2) is 48.5 Å². The van der Waals surface area contributed by atoms with Crippen molar-refractivity contribution >= 4 is 33.6 Å². The third kappa shape index (κ3) is 1.89. The number of carbonyl (C=O) groups excluding carboxylic acids is 2. The van der Waals surface area contributed by atoms with Gasteiger partial charge in [-0.2, -0.15) is 0 Å². The molecule has 0 unspecified atom stereocenters. The molecule has 3 heterocycles. The van der Waals surface area contributed by atoms with E-state index in [2.05, 4.69) is 15.3 Å². The van der Waals surface area contributed by atoms with Gasteiger partial charge in [0.15, 0.2) is 0 Å². The molecule has 0 radical (unpaired) electrons. The summed E-state index contributed by atoms with van der Waals surface area (Å²) < 4.78 is 5.21. The predicted octanol–water partition coefficient (Wildman–Crippen LogP) is 3.28. The van der Waals surface area contributed by atoms with Crippen molar-refractivity contribution in [3.8, 4) is 17.0 Å². The van der Waals surface area contributed by atoms with Gasteiger partial charge in [-0.1, -0.05) is 18.2 Å². The lowest BCUT2D eigenvalue weighted by atomic mass is 10.0. The molecule has 0 aliphatic carbocycles. The number of benzene rings is 2. The van der Waals surface area contributed by atoms with Crippen molar-refractivity contribution in [1.29, 1.82) is 0 Å². The number of nitrogens with one attached hydrogen (secondary N) is 2. The Bertz CT molecular complexity index is 1220. The molecule has 0 fully saturated rings. The van der Waals surface area contributed by atoms with E-state index >= 15 is 0 Å². The quantitative estimate of drug-likeness (QED) is 0.547. The van der Waals surface area contributed by atoms with E-state index < -0.39 is 11.8 Å². The summed E-state index contributed by atoms with van der Waals surface area (Å²) in [5, 5.41) is 3.96.